The van der Waals surface area contributed by atoms with Crippen LogP contribution >= 0.6 is 0 Å². The van der Waals surface area contributed by atoms with Gasteiger partial charge >= 0.3 is 0 Å². The molecule has 0 amide bonds. The first-order valence-corrected chi connectivity index (χ1v) is 6.70. The predicted molar refractivity (Wildman–Crippen MR) is 84.3 cm³/mol. The molecule has 0 spiro atoms. The van der Waals surface area contributed by atoms with Crippen LogP contribution in [0.2, 0.25) is 0 Å². The average Bonchev–Trinajstić information content (AvgIpc) is 2.48. The first-order chi connectivity index (χ1) is 10.1. The first kappa shape index (κ1) is 13.1. The van der Waals surface area contributed by atoms with Gasteiger partial charge in [-0.2, -0.15) is 0 Å². The van der Waals surface area contributed by atoms with Gasteiger partial charge < -0.3 is 4.98 Å². The van der Waals surface area contributed by atoms with Crippen molar-refractivity contribution in [2.45, 2.75) is 13.8 Å². The number of pyridine rings is 2. The molecule has 0 bridgehead atoms. The SMILES string of the molecule is Cc1ccc(C)c(C#Cc2cnc3[nH]c(=O)ccc3c2)c1. The zero-order valence-corrected chi connectivity index (χ0v) is 11.9. The maximum atomic E-state index is 11.2. The molecule has 2 heterocycles. The number of nitrogens with zero attached hydrogens (tertiary/aromatic N) is 1. The van der Waals surface area contributed by atoms with E-state index in [1.165, 1.54) is 11.6 Å². The van der Waals surface area contributed by atoms with Gasteiger partial charge in [0, 0.05) is 28.8 Å². The molecule has 3 aromatic rings. The smallest absolute Gasteiger partial charge is 0.249 e. The highest BCUT2D eigenvalue weighted by atomic mass is 16.1. The van der Waals surface area contributed by atoms with E-state index in [0.29, 0.717) is 5.65 Å². The largest absolute Gasteiger partial charge is 0.307 e. The number of aromatic nitrogens is 2. The molecular weight excluding hydrogens is 260 g/mol. The van der Waals surface area contributed by atoms with Gasteiger partial charge in [0.1, 0.15) is 5.65 Å². The number of fused-ring (bicyclic) bond motifs is 1. The number of aryl methyl sites for hydroxylation is 2. The lowest BCUT2D eigenvalue weighted by Crippen LogP contribution is -2.03. The summed E-state index contributed by atoms with van der Waals surface area (Å²) in [7, 11) is 0. The predicted octanol–water partition coefficient (Wildman–Crippen LogP) is 2.94. The minimum absolute atomic E-state index is 0.149. The molecule has 0 unspecified atom stereocenters. The molecule has 3 heteroatoms. The Labute approximate surface area is 122 Å². The molecule has 0 atom stereocenters. The van der Waals surface area contributed by atoms with E-state index in [-0.39, 0.29) is 5.56 Å². The van der Waals surface area contributed by atoms with E-state index < -0.39 is 0 Å². The molecule has 0 aliphatic heterocycles. The number of nitrogens with one attached hydrogen (secondary N) is 1. The van der Waals surface area contributed by atoms with Gasteiger partial charge in [-0.3, -0.25) is 4.79 Å². The molecule has 0 saturated heterocycles. The summed E-state index contributed by atoms with van der Waals surface area (Å²) in [5.41, 5.74) is 4.64. The molecule has 0 aliphatic rings. The Bertz CT molecular complexity index is 943. The quantitative estimate of drug-likeness (QED) is 0.641. The van der Waals surface area contributed by atoms with Crippen LogP contribution in [-0.2, 0) is 0 Å². The highest BCUT2D eigenvalue weighted by Crippen LogP contribution is 2.11. The number of H-pyrrole nitrogens is 1. The minimum atomic E-state index is -0.149. The van der Waals surface area contributed by atoms with Crippen LogP contribution in [0, 0.1) is 25.7 Å². The van der Waals surface area contributed by atoms with Crippen molar-refractivity contribution in [3.05, 3.63) is 75.2 Å². The number of hydrogen-bond acceptors (Lipinski definition) is 2. The molecule has 0 saturated carbocycles. The average molecular weight is 274 g/mol. The molecule has 2 aromatic heterocycles. The van der Waals surface area contributed by atoms with Crippen LogP contribution in [0.25, 0.3) is 11.0 Å². The second kappa shape index (κ2) is 5.26. The van der Waals surface area contributed by atoms with Crippen molar-refractivity contribution in [3.8, 4) is 11.8 Å². The Morgan fingerprint density at radius 3 is 2.76 bits per heavy atom. The third-order valence-corrected chi connectivity index (χ3v) is 3.31. The number of rotatable bonds is 0. The van der Waals surface area contributed by atoms with Crippen LogP contribution in [0.1, 0.15) is 22.3 Å². The Balaban J connectivity index is 2.02. The Kier molecular flexibility index (Phi) is 3.29. The first-order valence-electron chi connectivity index (χ1n) is 6.70. The lowest BCUT2D eigenvalue weighted by molar-refractivity contribution is 1.23. The van der Waals surface area contributed by atoms with Gasteiger partial charge in [0.25, 0.3) is 0 Å². The highest BCUT2D eigenvalue weighted by Gasteiger charge is 1.98. The fourth-order valence-electron chi connectivity index (χ4n) is 2.12. The van der Waals surface area contributed by atoms with Gasteiger partial charge in [-0.1, -0.05) is 24.0 Å². The zero-order chi connectivity index (χ0) is 14.8. The molecule has 0 aliphatic carbocycles. The third-order valence-electron chi connectivity index (χ3n) is 3.31. The van der Waals surface area contributed by atoms with Crippen molar-refractivity contribution >= 4 is 11.0 Å². The molecule has 0 fully saturated rings. The van der Waals surface area contributed by atoms with Crippen LogP contribution < -0.4 is 5.56 Å². The van der Waals surface area contributed by atoms with Crippen LogP contribution in [0.5, 0.6) is 0 Å². The number of benzene rings is 1. The van der Waals surface area contributed by atoms with Crippen molar-refractivity contribution in [1.82, 2.24) is 9.97 Å². The van der Waals surface area contributed by atoms with Crippen LogP contribution in [0.3, 0.4) is 0 Å². The van der Waals surface area contributed by atoms with Crippen molar-refractivity contribution in [1.29, 1.82) is 0 Å². The summed E-state index contributed by atoms with van der Waals surface area (Å²) >= 11 is 0. The zero-order valence-electron chi connectivity index (χ0n) is 11.9. The lowest BCUT2D eigenvalue weighted by Gasteiger charge is -1.99. The summed E-state index contributed by atoms with van der Waals surface area (Å²) in [6.45, 7) is 4.10. The van der Waals surface area contributed by atoms with E-state index in [1.54, 1.807) is 12.3 Å². The molecule has 1 N–H and O–H groups in total. The van der Waals surface area contributed by atoms with Gasteiger partial charge in [0.05, 0.1) is 0 Å². The second-order valence-corrected chi connectivity index (χ2v) is 5.05. The molecule has 0 radical (unpaired) electrons. The summed E-state index contributed by atoms with van der Waals surface area (Å²) in [6, 6.07) is 11.4. The fraction of sp³-hybridized carbons (Fsp3) is 0.111. The van der Waals surface area contributed by atoms with E-state index in [9.17, 15) is 4.79 Å². The van der Waals surface area contributed by atoms with E-state index in [1.807, 2.05) is 13.0 Å². The van der Waals surface area contributed by atoms with Crippen molar-refractivity contribution in [2.75, 3.05) is 0 Å². The van der Waals surface area contributed by atoms with Crippen molar-refractivity contribution in [2.24, 2.45) is 0 Å². The van der Waals surface area contributed by atoms with Crippen LogP contribution in [0.4, 0.5) is 0 Å². The fourth-order valence-corrected chi connectivity index (χ4v) is 2.12. The van der Waals surface area contributed by atoms with E-state index in [0.717, 1.165) is 22.1 Å². The Morgan fingerprint density at radius 1 is 1.05 bits per heavy atom. The van der Waals surface area contributed by atoms with E-state index in [2.05, 4.69) is 46.9 Å². The van der Waals surface area contributed by atoms with Crippen LogP contribution in [-0.4, -0.2) is 9.97 Å². The maximum absolute atomic E-state index is 11.2. The molecule has 1 aromatic carbocycles. The van der Waals surface area contributed by atoms with E-state index >= 15 is 0 Å². The monoisotopic (exact) mass is 274 g/mol. The Morgan fingerprint density at radius 2 is 1.90 bits per heavy atom. The highest BCUT2D eigenvalue weighted by molar-refractivity contribution is 5.75. The number of hydrogen-bond donors (Lipinski definition) is 1. The second-order valence-electron chi connectivity index (χ2n) is 5.05. The standard InChI is InChI=1S/C18H14N2O/c1-12-3-4-13(2)15(9-12)6-5-14-10-16-7-8-17(21)20-18(16)19-11-14/h3-4,7-11H,1-2H3,(H,19,20,21). The minimum Gasteiger partial charge on any atom is -0.307 e. The number of aromatic amines is 1. The van der Waals surface area contributed by atoms with Gasteiger partial charge in [-0.05, 0) is 43.2 Å². The summed E-state index contributed by atoms with van der Waals surface area (Å²) in [5, 5.41) is 0.877. The third kappa shape index (κ3) is 2.85. The molecular formula is C18H14N2O. The van der Waals surface area contributed by atoms with Crippen LogP contribution in [0.15, 0.2) is 47.4 Å². The molecule has 21 heavy (non-hydrogen) atoms. The van der Waals surface area contributed by atoms with Gasteiger partial charge in [0.15, 0.2) is 0 Å². The topological polar surface area (TPSA) is 45.8 Å². The lowest BCUT2D eigenvalue weighted by atomic mass is 10.1. The molecule has 102 valence electrons. The van der Waals surface area contributed by atoms with Crippen molar-refractivity contribution in [3.63, 3.8) is 0 Å². The Hall–Kier alpha value is -2.86. The molecule has 3 rings (SSSR count). The van der Waals surface area contributed by atoms with E-state index in [4.69, 9.17) is 0 Å². The summed E-state index contributed by atoms with van der Waals surface area (Å²) in [5.74, 6) is 6.32. The summed E-state index contributed by atoms with van der Waals surface area (Å²) in [4.78, 5) is 18.2. The summed E-state index contributed by atoms with van der Waals surface area (Å²) in [6.07, 6.45) is 1.68. The van der Waals surface area contributed by atoms with Crippen molar-refractivity contribution < 1.29 is 0 Å². The summed E-state index contributed by atoms with van der Waals surface area (Å²) < 4.78 is 0. The van der Waals surface area contributed by atoms with Gasteiger partial charge in [-0.25, -0.2) is 4.98 Å². The molecule has 3 nitrogen and oxygen atoms in total. The normalized spacial score (nSPS) is 10.2. The van der Waals surface area contributed by atoms with Gasteiger partial charge in [0.2, 0.25) is 5.56 Å². The van der Waals surface area contributed by atoms with Gasteiger partial charge in [-0.15, -0.1) is 0 Å². The maximum Gasteiger partial charge on any atom is 0.249 e.